The van der Waals surface area contributed by atoms with Gasteiger partial charge in [-0.1, -0.05) is 13.8 Å². The fourth-order valence-corrected chi connectivity index (χ4v) is 4.65. The number of oxazole rings is 1. The molecule has 1 saturated heterocycles. The van der Waals surface area contributed by atoms with Crippen molar-refractivity contribution in [1.29, 1.82) is 0 Å². The van der Waals surface area contributed by atoms with Gasteiger partial charge in [0.05, 0.1) is 10.4 Å². The number of carbonyl (C=O) groups excluding carboxylic acids is 1. The first kappa shape index (κ1) is 19.6. The monoisotopic (exact) mass is 395 g/mol. The van der Waals surface area contributed by atoms with Crippen LogP contribution in [0.2, 0.25) is 0 Å². The molecule has 3 rings (SSSR count). The molecule has 1 amide bonds. The first-order chi connectivity index (χ1) is 12.8. The van der Waals surface area contributed by atoms with Gasteiger partial charge in [-0.3, -0.25) is 9.36 Å². The lowest BCUT2D eigenvalue weighted by Gasteiger charge is -2.15. The third kappa shape index (κ3) is 4.24. The number of nitrogens with one attached hydrogen (secondary N) is 1. The first-order valence-corrected chi connectivity index (χ1v) is 10.6. The molecule has 9 heteroatoms. The van der Waals surface area contributed by atoms with Crippen LogP contribution in [0.5, 0.6) is 0 Å². The predicted octanol–water partition coefficient (Wildman–Crippen LogP) is 1.54. The maximum atomic E-state index is 12.7. The summed E-state index contributed by atoms with van der Waals surface area (Å²) >= 11 is 0. The summed E-state index contributed by atoms with van der Waals surface area (Å²) < 4.78 is 33.3. The SMILES string of the molecule is CC(C)CNC(=O)CCn1c(=O)oc2cc(S(=O)(=O)N3CCCC3)ccc21. The Balaban J connectivity index is 1.80. The molecule has 2 heterocycles. The molecule has 0 atom stereocenters. The minimum Gasteiger partial charge on any atom is -0.408 e. The zero-order chi connectivity index (χ0) is 19.6. The van der Waals surface area contributed by atoms with E-state index in [4.69, 9.17) is 4.42 Å². The minimum atomic E-state index is -3.58. The van der Waals surface area contributed by atoms with E-state index in [1.54, 1.807) is 6.07 Å². The predicted molar refractivity (Wildman–Crippen MR) is 101 cm³/mol. The van der Waals surface area contributed by atoms with Crippen molar-refractivity contribution in [2.75, 3.05) is 19.6 Å². The van der Waals surface area contributed by atoms with E-state index in [1.165, 1.54) is 21.0 Å². The first-order valence-electron chi connectivity index (χ1n) is 9.19. The third-order valence-electron chi connectivity index (χ3n) is 4.61. The molecule has 1 N–H and O–H groups in total. The molecule has 0 saturated carbocycles. The number of carbonyl (C=O) groups is 1. The number of fused-ring (bicyclic) bond motifs is 1. The van der Waals surface area contributed by atoms with Crippen LogP contribution in [-0.2, 0) is 21.4 Å². The summed E-state index contributed by atoms with van der Waals surface area (Å²) in [5, 5.41) is 2.80. The lowest BCUT2D eigenvalue weighted by Crippen LogP contribution is -2.29. The van der Waals surface area contributed by atoms with E-state index in [-0.39, 0.29) is 29.4 Å². The Morgan fingerprint density at radius 1 is 1.26 bits per heavy atom. The van der Waals surface area contributed by atoms with E-state index < -0.39 is 15.8 Å². The highest BCUT2D eigenvalue weighted by molar-refractivity contribution is 7.89. The van der Waals surface area contributed by atoms with Gasteiger partial charge in [-0.2, -0.15) is 4.31 Å². The van der Waals surface area contributed by atoms with Gasteiger partial charge in [0.1, 0.15) is 0 Å². The molecule has 1 aromatic carbocycles. The molecule has 27 heavy (non-hydrogen) atoms. The average molecular weight is 395 g/mol. The van der Waals surface area contributed by atoms with Crippen LogP contribution in [-0.4, -0.2) is 42.8 Å². The van der Waals surface area contributed by atoms with Gasteiger partial charge in [0, 0.05) is 38.7 Å². The summed E-state index contributed by atoms with van der Waals surface area (Å²) in [5.41, 5.74) is 0.694. The van der Waals surface area contributed by atoms with Crippen LogP contribution in [0, 0.1) is 5.92 Å². The normalized spacial score (nSPS) is 15.7. The van der Waals surface area contributed by atoms with Crippen molar-refractivity contribution in [3.8, 4) is 0 Å². The largest absolute Gasteiger partial charge is 0.419 e. The number of hydrogen-bond donors (Lipinski definition) is 1. The second kappa shape index (κ2) is 7.85. The number of benzene rings is 1. The van der Waals surface area contributed by atoms with Crippen LogP contribution in [0.4, 0.5) is 0 Å². The fourth-order valence-electron chi connectivity index (χ4n) is 3.12. The van der Waals surface area contributed by atoms with Crippen molar-refractivity contribution >= 4 is 27.0 Å². The quantitative estimate of drug-likeness (QED) is 0.766. The Hall–Kier alpha value is -2.13. The van der Waals surface area contributed by atoms with Gasteiger partial charge >= 0.3 is 5.76 Å². The molecule has 0 spiro atoms. The zero-order valence-electron chi connectivity index (χ0n) is 15.6. The van der Waals surface area contributed by atoms with E-state index >= 15 is 0 Å². The highest BCUT2D eigenvalue weighted by Crippen LogP contribution is 2.24. The van der Waals surface area contributed by atoms with Crippen LogP contribution in [0.15, 0.2) is 32.3 Å². The molecular formula is C18H25N3O5S. The Kier molecular flexibility index (Phi) is 5.71. The highest BCUT2D eigenvalue weighted by atomic mass is 32.2. The van der Waals surface area contributed by atoms with Gasteiger partial charge in [0.2, 0.25) is 15.9 Å². The maximum absolute atomic E-state index is 12.7. The number of hydrogen-bond acceptors (Lipinski definition) is 5. The minimum absolute atomic E-state index is 0.118. The van der Waals surface area contributed by atoms with Gasteiger partial charge < -0.3 is 9.73 Å². The number of rotatable bonds is 7. The summed E-state index contributed by atoms with van der Waals surface area (Å²) in [7, 11) is -3.58. The third-order valence-corrected chi connectivity index (χ3v) is 6.51. The van der Waals surface area contributed by atoms with Crippen LogP contribution in [0.3, 0.4) is 0 Å². The Morgan fingerprint density at radius 2 is 1.96 bits per heavy atom. The zero-order valence-corrected chi connectivity index (χ0v) is 16.4. The number of sulfonamides is 1. The molecule has 0 bridgehead atoms. The van der Waals surface area contributed by atoms with Gasteiger partial charge in [0.25, 0.3) is 0 Å². The summed E-state index contributed by atoms with van der Waals surface area (Å²) in [6, 6.07) is 4.44. The molecule has 148 valence electrons. The summed E-state index contributed by atoms with van der Waals surface area (Å²) in [6.07, 6.45) is 1.85. The van der Waals surface area contributed by atoms with Crippen molar-refractivity contribution in [2.24, 2.45) is 5.92 Å². The maximum Gasteiger partial charge on any atom is 0.419 e. The summed E-state index contributed by atoms with van der Waals surface area (Å²) in [6.45, 7) is 5.78. The van der Waals surface area contributed by atoms with Gasteiger partial charge in [-0.15, -0.1) is 0 Å². The second-order valence-corrected chi connectivity index (χ2v) is 9.15. The second-order valence-electron chi connectivity index (χ2n) is 7.21. The average Bonchev–Trinajstić information content (AvgIpc) is 3.25. The van der Waals surface area contributed by atoms with E-state index in [0.717, 1.165) is 12.8 Å². The van der Waals surface area contributed by atoms with E-state index in [9.17, 15) is 18.0 Å². The number of aromatic nitrogens is 1. The van der Waals surface area contributed by atoms with Crippen LogP contribution >= 0.6 is 0 Å². The van der Waals surface area contributed by atoms with Crippen molar-refractivity contribution in [1.82, 2.24) is 14.2 Å². The van der Waals surface area contributed by atoms with E-state index in [1.807, 2.05) is 13.8 Å². The molecule has 0 radical (unpaired) electrons. The standard InChI is InChI=1S/C18H25N3O5S/c1-13(2)12-19-17(22)7-10-21-15-6-5-14(11-16(15)26-18(21)23)27(24,25)20-8-3-4-9-20/h5-6,11,13H,3-4,7-10,12H2,1-2H3,(H,19,22). The van der Waals surface area contributed by atoms with Crippen LogP contribution < -0.4 is 11.1 Å². The van der Waals surface area contributed by atoms with Crippen molar-refractivity contribution in [2.45, 2.75) is 44.6 Å². The topological polar surface area (TPSA) is 102 Å². The van der Waals surface area contributed by atoms with Gasteiger partial charge in [-0.25, -0.2) is 13.2 Å². The molecule has 0 unspecified atom stereocenters. The highest BCUT2D eigenvalue weighted by Gasteiger charge is 2.28. The number of amides is 1. The van der Waals surface area contributed by atoms with Gasteiger partial charge in [0.15, 0.2) is 5.58 Å². The molecule has 1 fully saturated rings. The lowest BCUT2D eigenvalue weighted by molar-refractivity contribution is -0.121. The molecule has 2 aromatic rings. The number of aryl methyl sites for hydroxylation is 1. The van der Waals surface area contributed by atoms with Crippen LogP contribution in [0.1, 0.15) is 33.1 Å². The summed E-state index contributed by atoms with van der Waals surface area (Å²) in [5.74, 6) is -0.391. The molecule has 0 aliphatic carbocycles. The Bertz CT molecular complexity index is 984. The fraction of sp³-hybridized carbons (Fsp3) is 0.556. The molecule has 1 aliphatic rings. The van der Waals surface area contributed by atoms with Crippen LogP contribution in [0.25, 0.3) is 11.1 Å². The Labute approximate surface area is 158 Å². The molecule has 8 nitrogen and oxygen atoms in total. The smallest absolute Gasteiger partial charge is 0.408 e. The Morgan fingerprint density at radius 3 is 2.63 bits per heavy atom. The van der Waals surface area contributed by atoms with Gasteiger partial charge in [-0.05, 0) is 30.9 Å². The summed E-state index contributed by atoms with van der Waals surface area (Å²) in [4.78, 5) is 24.1. The number of nitrogens with zero attached hydrogens (tertiary/aromatic N) is 2. The van der Waals surface area contributed by atoms with E-state index in [0.29, 0.717) is 31.1 Å². The van der Waals surface area contributed by atoms with Crippen molar-refractivity contribution in [3.63, 3.8) is 0 Å². The van der Waals surface area contributed by atoms with Crippen molar-refractivity contribution in [3.05, 3.63) is 28.7 Å². The molecular weight excluding hydrogens is 370 g/mol. The lowest BCUT2D eigenvalue weighted by atomic mass is 10.2. The van der Waals surface area contributed by atoms with E-state index in [2.05, 4.69) is 5.32 Å². The molecule has 1 aliphatic heterocycles. The van der Waals surface area contributed by atoms with Crippen molar-refractivity contribution < 1.29 is 17.6 Å². The molecule has 1 aromatic heterocycles.